The van der Waals surface area contributed by atoms with Gasteiger partial charge in [-0.05, 0) is 24.6 Å². The molecule has 3 saturated heterocycles. The van der Waals surface area contributed by atoms with Crippen molar-refractivity contribution in [2.75, 3.05) is 37.6 Å². The Bertz CT molecular complexity index is 1040. The SMILES string of the molecule is Cc1ccccc1N1CCN(C2NCC3C(=O)N(Cc4ccccc4F)C(=O)NC3N2)CC1. The zero-order valence-corrected chi connectivity index (χ0v) is 18.6. The van der Waals surface area contributed by atoms with Crippen molar-refractivity contribution < 1.29 is 14.0 Å². The standard InChI is InChI=1S/C24H29FN6O2/c1-16-6-2-5-9-20(16)29-10-12-30(13-11-29)23-26-14-18-21(27-23)28-24(33)31(22(18)32)15-17-7-3-4-8-19(17)25/h2-9,18,21,23,26-27H,10-15H2,1H3,(H,28,33). The molecule has 0 aromatic heterocycles. The molecule has 3 heterocycles. The third kappa shape index (κ3) is 4.31. The van der Waals surface area contributed by atoms with Crippen molar-refractivity contribution in [1.29, 1.82) is 0 Å². The van der Waals surface area contributed by atoms with Gasteiger partial charge >= 0.3 is 6.03 Å². The number of halogens is 1. The van der Waals surface area contributed by atoms with Gasteiger partial charge < -0.3 is 10.2 Å². The number of nitrogens with one attached hydrogen (secondary N) is 3. The van der Waals surface area contributed by atoms with Gasteiger partial charge in [0.1, 0.15) is 12.1 Å². The van der Waals surface area contributed by atoms with Gasteiger partial charge in [-0.2, -0.15) is 0 Å². The fraction of sp³-hybridized carbons (Fsp3) is 0.417. The van der Waals surface area contributed by atoms with Crippen LogP contribution in [-0.2, 0) is 11.3 Å². The molecule has 2 aromatic rings. The van der Waals surface area contributed by atoms with Gasteiger partial charge in [0.05, 0.1) is 18.6 Å². The van der Waals surface area contributed by atoms with Crippen LogP contribution in [0.5, 0.6) is 0 Å². The van der Waals surface area contributed by atoms with Gasteiger partial charge in [-0.25, -0.2) is 9.18 Å². The van der Waals surface area contributed by atoms with Gasteiger partial charge in [-0.3, -0.25) is 25.2 Å². The van der Waals surface area contributed by atoms with Gasteiger partial charge in [-0.15, -0.1) is 0 Å². The van der Waals surface area contributed by atoms with E-state index in [9.17, 15) is 14.0 Å². The first-order valence-corrected chi connectivity index (χ1v) is 11.4. The van der Waals surface area contributed by atoms with Gasteiger partial charge in [0.15, 0.2) is 0 Å². The fourth-order valence-electron chi connectivity index (χ4n) is 4.91. The number of fused-ring (bicyclic) bond motifs is 1. The predicted molar refractivity (Wildman–Crippen MR) is 123 cm³/mol. The first kappa shape index (κ1) is 21.8. The Morgan fingerprint density at radius 1 is 1.00 bits per heavy atom. The molecular weight excluding hydrogens is 423 g/mol. The molecule has 3 aliphatic heterocycles. The molecule has 5 rings (SSSR count). The highest BCUT2D eigenvalue weighted by Gasteiger charge is 2.45. The number of carbonyl (C=O) groups excluding carboxylic acids is 2. The molecule has 0 aliphatic carbocycles. The lowest BCUT2D eigenvalue weighted by atomic mass is 9.99. The van der Waals surface area contributed by atoms with E-state index in [0.717, 1.165) is 31.1 Å². The summed E-state index contributed by atoms with van der Waals surface area (Å²) in [6.07, 6.45) is -0.584. The van der Waals surface area contributed by atoms with E-state index in [1.807, 2.05) is 0 Å². The number of benzene rings is 2. The van der Waals surface area contributed by atoms with Gasteiger partial charge in [0.2, 0.25) is 5.91 Å². The van der Waals surface area contributed by atoms with Crippen molar-refractivity contribution in [1.82, 2.24) is 25.8 Å². The van der Waals surface area contributed by atoms with Crippen LogP contribution >= 0.6 is 0 Å². The van der Waals surface area contributed by atoms with Crippen molar-refractivity contribution in [3.05, 3.63) is 65.5 Å². The van der Waals surface area contributed by atoms with Crippen LogP contribution in [0.25, 0.3) is 0 Å². The van der Waals surface area contributed by atoms with E-state index in [1.165, 1.54) is 17.3 Å². The van der Waals surface area contributed by atoms with Crippen LogP contribution < -0.4 is 20.9 Å². The van der Waals surface area contributed by atoms with Crippen molar-refractivity contribution in [3.63, 3.8) is 0 Å². The molecule has 3 fully saturated rings. The van der Waals surface area contributed by atoms with E-state index in [-0.39, 0.29) is 18.7 Å². The maximum absolute atomic E-state index is 14.0. The van der Waals surface area contributed by atoms with Crippen molar-refractivity contribution in [2.45, 2.75) is 25.9 Å². The third-order valence-corrected chi connectivity index (χ3v) is 6.80. The van der Waals surface area contributed by atoms with E-state index < -0.39 is 23.9 Å². The average Bonchev–Trinajstić information content (AvgIpc) is 2.83. The number of hydrogen-bond acceptors (Lipinski definition) is 6. The summed E-state index contributed by atoms with van der Waals surface area (Å²) in [7, 11) is 0. The summed E-state index contributed by atoms with van der Waals surface area (Å²) < 4.78 is 14.0. The van der Waals surface area contributed by atoms with E-state index >= 15 is 0 Å². The normalized spacial score (nSPS) is 26.2. The number of nitrogens with zero attached hydrogens (tertiary/aromatic N) is 3. The number of amides is 3. The second-order valence-corrected chi connectivity index (χ2v) is 8.84. The number of anilines is 1. The topological polar surface area (TPSA) is 80.0 Å². The smallest absolute Gasteiger partial charge is 0.325 e. The number of imide groups is 1. The predicted octanol–water partition coefficient (Wildman–Crippen LogP) is 1.43. The highest BCUT2D eigenvalue weighted by molar-refractivity contribution is 5.98. The maximum Gasteiger partial charge on any atom is 0.325 e. The molecule has 0 bridgehead atoms. The van der Waals surface area contributed by atoms with Crippen LogP contribution in [0, 0.1) is 18.7 Å². The number of piperazine rings is 1. The van der Waals surface area contributed by atoms with Crippen LogP contribution in [0.1, 0.15) is 11.1 Å². The first-order chi connectivity index (χ1) is 16.0. The van der Waals surface area contributed by atoms with E-state index in [1.54, 1.807) is 18.2 Å². The minimum Gasteiger partial charge on any atom is -0.369 e. The Balaban J connectivity index is 1.19. The average molecular weight is 453 g/mol. The number of para-hydroxylation sites is 1. The molecule has 3 N–H and O–H groups in total. The van der Waals surface area contributed by atoms with Crippen LogP contribution in [-0.4, -0.2) is 66.9 Å². The van der Waals surface area contributed by atoms with Crippen molar-refractivity contribution in [3.8, 4) is 0 Å². The molecule has 0 spiro atoms. The largest absolute Gasteiger partial charge is 0.369 e. The summed E-state index contributed by atoms with van der Waals surface area (Å²) in [5.41, 5.74) is 2.86. The zero-order chi connectivity index (χ0) is 22.9. The second-order valence-electron chi connectivity index (χ2n) is 8.84. The van der Waals surface area contributed by atoms with Crippen LogP contribution in [0.3, 0.4) is 0 Å². The lowest BCUT2D eigenvalue weighted by Crippen LogP contribution is -2.75. The van der Waals surface area contributed by atoms with Crippen LogP contribution in [0.2, 0.25) is 0 Å². The Morgan fingerprint density at radius 2 is 1.73 bits per heavy atom. The van der Waals surface area contributed by atoms with E-state index in [4.69, 9.17) is 0 Å². The van der Waals surface area contributed by atoms with Crippen LogP contribution in [0.4, 0.5) is 14.9 Å². The van der Waals surface area contributed by atoms with Gasteiger partial charge in [0, 0.05) is 44.0 Å². The lowest BCUT2D eigenvalue weighted by molar-refractivity contribution is -0.138. The van der Waals surface area contributed by atoms with E-state index in [2.05, 4.69) is 56.9 Å². The zero-order valence-electron chi connectivity index (χ0n) is 18.6. The molecule has 9 heteroatoms. The lowest BCUT2D eigenvalue weighted by Gasteiger charge is -2.48. The Hall–Kier alpha value is -3.01. The Labute approximate surface area is 192 Å². The summed E-state index contributed by atoms with van der Waals surface area (Å²) in [4.78, 5) is 31.5. The van der Waals surface area contributed by atoms with Crippen LogP contribution in [0.15, 0.2) is 48.5 Å². The number of hydrogen-bond donors (Lipinski definition) is 3. The Morgan fingerprint density at radius 3 is 2.48 bits per heavy atom. The third-order valence-electron chi connectivity index (χ3n) is 6.80. The minimum atomic E-state index is -0.498. The minimum absolute atomic E-state index is 0.0785. The quantitative estimate of drug-likeness (QED) is 0.652. The molecule has 3 amide bonds. The summed E-state index contributed by atoms with van der Waals surface area (Å²) in [6.45, 7) is 6.01. The molecule has 0 radical (unpaired) electrons. The van der Waals surface area contributed by atoms with Gasteiger partial charge in [0.25, 0.3) is 0 Å². The molecule has 3 unspecified atom stereocenters. The summed E-state index contributed by atoms with van der Waals surface area (Å²) in [5, 5.41) is 9.71. The molecule has 33 heavy (non-hydrogen) atoms. The molecule has 0 saturated carbocycles. The molecule has 2 aromatic carbocycles. The molecule has 3 aliphatic rings. The van der Waals surface area contributed by atoms with E-state index in [0.29, 0.717) is 12.1 Å². The second kappa shape index (κ2) is 9.09. The molecule has 174 valence electrons. The number of carbonyl (C=O) groups is 2. The molecule has 3 atom stereocenters. The number of rotatable bonds is 4. The summed E-state index contributed by atoms with van der Waals surface area (Å²) in [5.74, 6) is -1.17. The van der Waals surface area contributed by atoms with Gasteiger partial charge in [-0.1, -0.05) is 36.4 Å². The monoisotopic (exact) mass is 452 g/mol. The molecular formula is C24H29FN6O2. The summed E-state index contributed by atoms with van der Waals surface area (Å²) in [6, 6.07) is 14.1. The molecule has 8 nitrogen and oxygen atoms in total. The first-order valence-electron chi connectivity index (χ1n) is 11.4. The number of urea groups is 1. The summed E-state index contributed by atoms with van der Waals surface area (Å²) >= 11 is 0. The Kier molecular flexibility index (Phi) is 6.01. The maximum atomic E-state index is 14.0. The van der Waals surface area contributed by atoms with Crippen molar-refractivity contribution >= 4 is 17.6 Å². The highest BCUT2D eigenvalue weighted by Crippen LogP contribution is 2.23. The van der Waals surface area contributed by atoms with Crippen molar-refractivity contribution in [2.24, 2.45) is 5.92 Å². The number of aryl methyl sites for hydroxylation is 1. The highest BCUT2D eigenvalue weighted by atomic mass is 19.1. The fourth-order valence-corrected chi connectivity index (χ4v) is 4.91.